The highest BCUT2D eigenvalue weighted by Crippen LogP contribution is 2.02. The lowest BCUT2D eigenvalue weighted by molar-refractivity contribution is 0.314. The first-order valence-corrected chi connectivity index (χ1v) is 3.43. The Bertz CT molecular complexity index is 97.1. The Kier molecular flexibility index (Phi) is 4.10. The van der Waals surface area contributed by atoms with Gasteiger partial charge in [0.05, 0.1) is 5.71 Å². The van der Waals surface area contributed by atoms with Crippen molar-refractivity contribution >= 4 is 5.71 Å². The third-order valence-corrected chi connectivity index (χ3v) is 1.30. The van der Waals surface area contributed by atoms with Gasteiger partial charge in [0.15, 0.2) is 0 Å². The number of nitrogens with zero attached hydrogens (tertiary/aromatic N) is 1. The van der Waals surface area contributed by atoms with E-state index < -0.39 is 0 Å². The molecule has 0 rings (SSSR count). The second kappa shape index (κ2) is 4.36. The van der Waals surface area contributed by atoms with Crippen LogP contribution in [0.2, 0.25) is 0 Å². The van der Waals surface area contributed by atoms with Crippen molar-refractivity contribution in [1.29, 1.82) is 0 Å². The molecule has 0 aliphatic carbocycles. The summed E-state index contributed by atoms with van der Waals surface area (Å²) in [5.74, 6) is 0.384. The van der Waals surface area contributed by atoms with E-state index in [0.29, 0.717) is 5.92 Å². The van der Waals surface area contributed by atoms with Crippen molar-refractivity contribution < 1.29 is 5.21 Å². The van der Waals surface area contributed by atoms with Gasteiger partial charge >= 0.3 is 0 Å². The van der Waals surface area contributed by atoms with Gasteiger partial charge < -0.3 is 5.21 Å². The highest BCUT2D eigenvalue weighted by atomic mass is 16.4. The maximum Gasteiger partial charge on any atom is 0.0596 e. The van der Waals surface area contributed by atoms with E-state index in [2.05, 4.69) is 12.1 Å². The van der Waals surface area contributed by atoms with E-state index in [1.165, 1.54) is 0 Å². The third-order valence-electron chi connectivity index (χ3n) is 1.30. The molecule has 2 nitrogen and oxygen atoms in total. The molecular weight excluding hydrogens is 114 g/mol. The maximum atomic E-state index is 8.42. The fourth-order valence-corrected chi connectivity index (χ4v) is 0.710. The second-order valence-electron chi connectivity index (χ2n) is 2.50. The van der Waals surface area contributed by atoms with Crippen LogP contribution in [0.5, 0.6) is 0 Å². The minimum absolute atomic E-state index is 0.384. The molecule has 0 saturated heterocycles. The number of hydrogen-bond acceptors (Lipinski definition) is 2. The monoisotopic (exact) mass is 129 g/mol. The number of oxime groups is 1. The smallest absolute Gasteiger partial charge is 0.0596 e. The van der Waals surface area contributed by atoms with Crippen molar-refractivity contribution in [3.05, 3.63) is 0 Å². The predicted molar refractivity (Wildman–Crippen MR) is 39.0 cm³/mol. The van der Waals surface area contributed by atoms with E-state index >= 15 is 0 Å². The molecule has 0 aromatic rings. The van der Waals surface area contributed by atoms with Gasteiger partial charge in [-0.2, -0.15) is 0 Å². The van der Waals surface area contributed by atoms with Crippen LogP contribution in [0.1, 0.15) is 33.6 Å². The zero-order chi connectivity index (χ0) is 7.28. The SMILES string of the molecule is CCC/C(=N/O)C(C)C. The van der Waals surface area contributed by atoms with E-state index in [4.69, 9.17) is 5.21 Å². The van der Waals surface area contributed by atoms with Gasteiger partial charge in [0.25, 0.3) is 0 Å². The van der Waals surface area contributed by atoms with Crippen LogP contribution in [-0.2, 0) is 0 Å². The molecule has 9 heavy (non-hydrogen) atoms. The van der Waals surface area contributed by atoms with E-state index in [1.807, 2.05) is 13.8 Å². The Morgan fingerprint density at radius 2 is 2.11 bits per heavy atom. The molecule has 1 N–H and O–H groups in total. The first kappa shape index (κ1) is 8.47. The van der Waals surface area contributed by atoms with Crippen LogP contribution in [0.3, 0.4) is 0 Å². The number of rotatable bonds is 3. The van der Waals surface area contributed by atoms with E-state index in [0.717, 1.165) is 18.6 Å². The molecule has 54 valence electrons. The Hall–Kier alpha value is -0.530. The van der Waals surface area contributed by atoms with E-state index in [1.54, 1.807) is 0 Å². The fraction of sp³-hybridized carbons (Fsp3) is 0.857. The second-order valence-corrected chi connectivity index (χ2v) is 2.50. The molecular formula is C7H15NO. The molecule has 0 unspecified atom stereocenters. The van der Waals surface area contributed by atoms with Gasteiger partial charge in [-0.25, -0.2) is 0 Å². The summed E-state index contributed by atoms with van der Waals surface area (Å²) in [5, 5.41) is 11.6. The van der Waals surface area contributed by atoms with Crippen molar-refractivity contribution in [2.45, 2.75) is 33.6 Å². The van der Waals surface area contributed by atoms with Gasteiger partial charge in [-0.3, -0.25) is 0 Å². The van der Waals surface area contributed by atoms with Gasteiger partial charge in [-0.1, -0.05) is 32.3 Å². The van der Waals surface area contributed by atoms with E-state index in [-0.39, 0.29) is 0 Å². The summed E-state index contributed by atoms with van der Waals surface area (Å²) in [4.78, 5) is 0. The van der Waals surface area contributed by atoms with Crippen LogP contribution >= 0.6 is 0 Å². The summed E-state index contributed by atoms with van der Waals surface area (Å²) >= 11 is 0. The van der Waals surface area contributed by atoms with Gasteiger partial charge in [-0.05, 0) is 12.3 Å². The van der Waals surface area contributed by atoms with Crippen LogP contribution in [0.15, 0.2) is 5.16 Å². The zero-order valence-electron chi connectivity index (χ0n) is 6.39. The van der Waals surface area contributed by atoms with Gasteiger partial charge in [0.2, 0.25) is 0 Å². The Morgan fingerprint density at radius 3 is 2.22 bits per heavy atom. The molecule has 0 aromatic heterocycles. The molecule has 0 amide bonds. The van der Waals surface area contributed by atoms with Crippen LogP contribution in [-0.4, -0.2) is 10.9 Å². The van der Waals surface area contributed by atoms with Crippen molar-refractivity contribution in [3.8, 4) is 0 Å². The van der Waals surface area contributed by atoms with Crippen molar-refractivity contribution in [2.75, 3.05) is 0 Å². The molecule has 0 fully saturated rings. The largest absolute Gasteiger partial charge is 0.411 e. The molecule has 0 aliphatic heterocycles. The molecule has 2 heteroatoms. The molecule has 0 heterocycles. The van der Waals surface area contributed by atoms with Crippen molar-refractivity contribution in [2.24, 2.45) is 11.1 Å². The highest BCUT2D eigenvalue weighted by molar-refractivity contribution is 5.85. The summed E-state index contributed by atoms with van der Waals surface area (Å²) in [6, 6.07) is 0. The molecule has 0 radical (unpaired) electrons. The average molecular weight is 129 g/mol. The van der Waals surface area contributed by atoms with Gasteiger partial charge in [0.1, 0.15) is 0 Å². The first-order chi connectivity index (χ1) is 4.22. The molecule has 0 spiro atoms. The summed E-state index contributed by atoms with van der Waals surface area (Å²) in [7, 11) is 0. The summed E-state index contributed by atoms with van der Waals surface area (Å²) < 4.78 is 0. The zero-order valence-corrected chi connectivity index (χ0v) is 6.39. The van der Waals surface area contributed by atoms with E-state index in [9.17, 15) is 0 Å². The molecule has 0 saturated carbocycles. The summed E-state index contributed by atoms with van der Waals surface area (Å²) in [6.45, 7) is 6.14. The highest BCUT2D eigenvalue weighted by Gasteiger charge is 2.02. The third kappa shape index (κ3) is 3.12. The van der Waals surface area contributed by atoms with Gasteiger partial charge in [0, 0.05) is 0 Å². The number of hydrogen-bond donors (Lipinski definition) is 1. The normalized spacial score (nSPS) is 12.7. The van der Waals surface area contributed by atoms with Crippen molar-refractivity contribution in [1.82, 2.24) is 0 Å². The lowest BCUT2D eigenvalue weighted by atomic mass is 10.0. The summed E-state index contributed by atoms with van der Waals surface area (Å²) in [6.07, 6.45) is 1.96. The first-order valence-electron chi connectivity index (χ1n) is 3.43. The topological polar surface area (TPSA) is 32.6 Å². The predicted octanol–water partition coefficient (Wildman–Crippen LogP) is 2.27. The van der Waals surface area contributed by atoms with Gasteiger partial charge in [-0.15, -0.1) is 0 Å². The Labute approximate surface area is 56.6 Å². The lowest BCUT2D eigenvalue weighted by Gasteiger charge is -2.04. The Morgan fingerprint density at radius 1 is 1.56 bits per heavy atom. The lowest BCUT2D eigenvalue weighted by Crippen LogP contribution is -2.06. The molecule has 0 atom stereocenters. The fourth-order valence-electron chi connectivity index (χ4n) is 0.710. The molecule has 0 aliphatic rings. The van der Waals surface area contributed by atoms with Crippen LogP contribution < -0.4 is 0 Å². The molecule has 0 aromatic carbocycles. The maximum absolute atomic E-state index is 8.42. The van der Waals surface area contributed by atoms with Crippen LogP contribution in [0, 0.1) is 5.92 Å². The quantitative estimate of drug-likeness (QED) is 0.354. The minimum atomic E-state index is 0.384. The Balaban J connectivity index is 3.70. The minimum Gasteiger partial charge on any atom is -0.411 e. The van der Waals surface area contributed by atoms with Crippen molar-refractivity contribution in [3.63, 3.8) is 0 Å². The summed E-state index contributed by atoms with van der Waals surface area (Å²) in [5.41, 5.74) is 0.900. The molecule has 0 bridgehead atoms. The van der Waals surface area contributed by atoms with Crippen LogP contribution in [0.25, 0.3) is 0 Å². The van der Waals surface area contributed by atoms with Crippen LogP contribution in [0.4, 0.5) is 0 Å². The standard InChI is InChI=1S/C7H15NO/c1-4-5-7(8-9)6(2)3/h6,9H,4-5H2,1-3H3/b8-7-. The average Bonchev–Trinajstić information content (AvgIpc) is 1.82.